The van der Waals surface area contributed by atoms with Gasteiger partial charge in [0.1, 0.15) is 23.0 Å². The lowest BCUT2D eigenvalue weighted by atomic mass is 10.1. The molecule has 36 heavy (non-hydrogen) atoms. The lowest BCUT2D eigenvalue weighted by molar-refractivity contribution is 0.627. The highest BCUT2D eigenvalue weighted by molar-refractivity contribution is 5.59. The van der Waals surface area contributed by atoms with E-state index in [-0.39, 0.29) is 11.6 Å². The fourth-order valence-corrected chi connectivity index (χ4v) is 3.28. The van der Waals surface area contributed by atoms with E-state index in [9.17, 15) is 8.78 Å². The molecule has 0 bridgehead atoms. The predicted octanol–water partition coefficient (Wildman–Crippen LogP) is 5.64. The Bertz CT molecular complexity index is 1420. The Morgan fingerprint density at radius 2 is 0.972 bits per heavy atom. The molecule has 0 aliphatic rings. The highest BCUT2D eigenvalue weighted by Gasteiger charge is 2.03. The zero-order valence-corrected chi connectivity index (χ0v) is 20.6. The van der Waals surface area contributed by atoms with Gasteiger partial charge < -0.3 is 11.5 Å². The third-order valence-corrected chi connectivity index (χ3v) is 5.09. The fraction of sp³-hybridized carbons (Fsp3) is 0.133. The van der Waals surface area contributed by atoms with Gasteiger partial charge in [-0.3, -0.25) is 0 Å². The van der Waals surface area contributed by atoms with Gasteiger partial charge in [0.05, 0.1) is 11.4 Å². The first-order valence-corrected chi connectivity index (χ1v) is 11.1. The quantitative estimate of drug-likeness (QED) is 0.319. The number of nitrogen functional groups attached to an aromatic ring is 2. The topological polar surface area (TPSA) is 77.8 Å². The van der Waals surface area contributed by atoms with Gasteiger partial charge in [-0.15, -0.1) is 0 Å². The molecule has 0 unspecified atom stereocenters. The SMILES string of the molecule is Cc1cc(C)c(N)c(C#Cc2cccc(F)c2)n1.Cc1cc(C)c(N)c(C#Cc2cccc(F)c2)n1. The van der Waals surface area contributed by atoms with E-state index >= 15 is 0 Å². The third kappa shape index (κ3) is 7.16. The van der Waals surface area contributed by atoms with Crippen LogP contribution in [0, 0.1) is 63.0 Å². The van der Waals surface area contributed by atoms with Crippen molar-refractivity contribution in [1.82, 2.24) is 9.97 Å². The number of hydrogen-bond donors (Lipinski definition) is 2. The summed E-state index contributed by atoms with van der Waals surface area (Å²) >= 11 is 0. The zero-order chi connectivity index (χ0) is 26.2. The van der Waals surface area contributed by atoms with Gasteiger partial charge in [0.15, 0.2) is 0 Å². The minimum absolute atomic E-state index is 0.303. The summed E-state index contributed by atoms with van der Waals surface area (Å²) in [6.07, 6.45) is 0. The Labute approximate surface area is 210 Å². The number of pyridine rings is 2. The monoisotopic (exact) mass is 480 g/mol. The summed E-state index contributed by atoms with van der Waals surface area (Å²) in [6.45, 7) is 7.61. The summed E-state index contributed by atoms with van der Waals surface area (Å²) in [5, 5.41) is 0. The standard InChI is InChI=1S/2C15H13FN2/c2*1-10-8-11(2)18-14(15(10)17)7-6-12-4-3-5-13(16)9-12/h2*3-5,8-9H,17H2,1-2H3. The molecule has 2 heterocycles. The van der Waals surface area contributed by atoms with E-state index in [2.05, 4.69) is 33.6 Å². The van der Waals surface area contributed by atoms with Crippen LogP contribution < -0.4 is 11.5 Å². The molecule has 0 atom stereocenters. The highest BCUT2D eigenvalue weighted by atomic mass is 19.1. The van der Waals surface area contributed by atoms with E-state index in [0.717, 1.165) is 22.5 Å². The maximum atomic E-state index is 13.0. The van der Waals surface area contributed by atoms with Gasteiger partial charge in [-0.1, -0.05) is 24.0 Å². The van der Waals surface area contributed by atoms with Crippen molar-refractivity contribution in [2.75, 3.05) is 11.5 Å². The smallest absolute Gasteiger partial charge is 0.136 e. The van der Waals surface area contributed by atoms with Crippen LogP contribution in [0.5, 0.6) is 0 Å². The van der Waals surface area contributed by atoms with Gasteiger partial charge >= 0.3 is 0 Å². The second kappa shape index (κ2) is 11.6. The Morgan fingerprint density at radius 1 is 0.583 bits per heavy atom. The van der Waals surface area contributed by atoms with Crippen molar-refractivity contribution in [3.63, 3.8) is 0 Å². The molecule has 2 aromatic carbocycles. The molecular formula is C30H26F2N4. The molecule has 4 nitrogen and oxygen atoms in total. The second-order valence-electron chi connectivity index (χ2n) is 8.21. The number of aryl methyl sites for hydroxylation is 4. The molecule has 180 valence electrons. The third-order valence-electron chi connectivity index (χ3n) is 5.09. The first-order chi connectivity index (χ1) is 17.1. The van der Waals surface area contributed by atoms with Crippen LogP contribution in [0.2, 0.25) is 0 Å². The van der Waals surface area contributed by atoms with Gasteiger partial charge in [0, 0.05) is 22.5 Å². The van der Waals surface area contributed by atoms with E-state index in [1.54, 1.807) is 24.3 Å². The van der Waals surface area contributed by atoms with Crippen molar-refractivity contribution in [2.24, 2.45) is 0 Å². The molecule has 4 aromatic rings. The number of nitrogens with two attached hydrogens (primary N) is 2. The van der Waals surface area contributed by atoms with Gasteiger partial charge in [-0.2, -0.15) is 0 Å². The Hall–Kier alpha value is -4.68. The summed E-state index contributed by atoms with van der Waals surface area (Å²) in [4.78, 5) is 8.56. The van der Waals surface area contributed by atoms with E-state index in [1.807, 2.05) is 39.8 Å². The van der Waals surface area contributed by atoms with Gasteiger partial charge in [-0.25, -0.2) is 18.7 Å². The molecule has 0 fully saturated rings. The number of hydrogen-bond acceptors (Lipinski definition) is 4. The molecule has 0 saturated carbocycles. The summed E-state index contributed by atoms with van der Waals surface area (Å²) in [5.74, 6) is 10.9. The van der Waals surface area contributed by atoms with Crippen molar-refractivity contribution in [3.8, 4) is 23.7 Å². The molecule has 2 aromatic heterocycles. The van der Waals surface area contributed by atoms with E-state index in [0.29, 0.717) is 33.9 Å². The molecule has 0 saturated heterocycles. The number of nitrogens with zero attached hydrogens (tertiary/aromatic N) is 2. The van der Waals surface area contributed by atoms with E-state index in [1.165, 1.54) is 24.3 Å². The van der Waals surface area contributed by atoms with Crippen molar-refractivity contribution in [2.45, 2.75) is 27.7 Å². The molecule has 0 radical (unpaired) electrons. The molecule has 0 aliphatic carbocycles. The maximum absolute atomic E-state index is 13.0. The minimum Gasteiger partial charge on any atom is -0.396 e. The lowest BCUT2D eigenvalue weighted by Crippen LogP contribution is -1.99. The molecule has 0 aliphatic heterocycles. The summed E-state index contributed by atoms with van der Waals surface area (Å²) in [6, 6.07) is 16.1. The summed E-state index contributed by atoms with van der Waals surface area (Å²) in [7, 11) is 0. The maximum Gasteiger partial charge on any atom is 0.136 e. The molecule has 6 heteroatoms. The van der Waals surface area contributed by atoms with Crippen LogP contribution in [0.1, 0.15) is 45.0 Å². The van der Waals surface area contributed by atoms with Gasteiger partial charge in [0.25, 0.3) is 0 Å². The van der Waals surface area contributed by atoms with Crippen molar-refractivity contribution >= 4 is 11.4 Å². The summed E-state index contributed by atoms with van der Waals surface area (Å²) in [5.41, 5.74) is 18.9. The first-order valence-electron chi connectivity index (χ1n) is 11.1. The zero-order valence-electron chi connectivity index (χ0n) is 20.6. The normalized spacial score (nSPS) is 9.72. The number of aromatic nitrogens is 2. The second-order valence-corrected chi connectivity index (χ2v) is 8.21. The van der Waals surface area contributed by atoms with Crippen LogP contribution in [-0.4, -0.2) is 9.97 Å². The molecular weight excluding hydrogens is 454 g/mol. The average Bonchev–Trinajstić information content (AvgIpc) is 2.82. The van der Waals surface area contributed by atoms with E-state index in [4.69, 9.17) is 11.5 Å². The number of halogens is 2. The average molecular weight is 481 g/mol. The number of rotatable bonds is 0. The summed E-state index contributed by atoms with van der Waals surface area (Å²) < 4.78 is 26.0. The van der Waals surface area contributed by atoms with Crippen molar-refractivity contribution < 1.29 is 8.78 Å². The molecule has 0 amide bonds. The largest absolute Gasteiger partial charge is 0.396 e. The van der Waals surface area contributed by atoms with Crippen LogP contribution in [0.15, 0.2) is 60.7 Å². The van der Waals surface area contributed by atoms with Gasteiger partial charge in [-0.05, 0) is 99.2 Å². The minimum atomic E-state index is -0.303. The molecule has 0 spiro atoms. The fourth-order valence-electron chi connectivity index (χ4n) is 3.28. The predicted molar refractivity (Wildman–Crippen MR) is 141 cm³/mol. The Balaban J connectivity index is 0.000000201. The van der Waals surface area contributed by atoms with Crippen LogP contribution in [0.4, 0.5) is 20.2 Å². The van der Waals surface area contributed by atoms with Crippen LogP contribution in [0.25, 0.3) is 0 Å². The van der Waals surface area contributed by atoms with Crippen molar-refractivity contribution in [1.29, 1.82) is 0 Å². The molecule has 4 N–H and O–H groups in total. The Kier molecular flexibility index (Phi) is 8.39. The van der Waals surface area contributed by atoms with Crippen LogP contribution in [-0.2, 0) is 0 Å². The number of anilines is 2. The Morgan fingerprint density at radius 3 is 1.33 bits per heavy atom. The van der Waals surface area contributed by atoms with E-state index < -0.39 is 0 Å². The molecule has 4 rings (SSSR count). The van der Waals surface area contributed by atoms with Crippen LogP contribution >= 0.6 is 0 Å². The van der Waals surface area contributed by atoms with Crippen LogP contribution in [0.3, 0.4) is 0 Å². The van der Waals surface area contributed by atoms with Gasteiger partial charge in [0.2, 0.25) is 0 Å². The highest BCUT2D eigenvalue weighted by Crippen LogP contribution is 2.16. The number of benzene rings is 2. The first kappa shape index (κ1) is 25.9. The van der Waals surface area contributed by atoms with Crippen molar-refractivity contribution in [3.05, 3.63) is 117 Å². The lowest BCUT2D eigenvalue weighted by Gasteiger charge is -2.03.